The first-order chi connectivity index (χ1) is 29.3. The van der Waals surface area contributed by atoms with E-state index in [0.717, 1.165) is 109 Å². The SMILES string of the molecule is CCCCCCCC/C=C\CCCCCCCC(=O)OCCCCCCC(O)(CCCCCCOC(=O)CCCCCCC/C=C\CCCCCCCC)CCCN(C)C. The second-order valence-electron chi connectivity index (χ2n) is 18.6. The predicted molar refractivity (Wildman–Crippen MR) is 260 cm³/mol. The van der Waals surface area contributed by atoms with Crippen LogP contribution >= 0.6 is 0 Å². The Hall–Kier alpha value is -1.66. The largest absolute Gasteiger partial charge is 0.466 e. The van der Waals surface area contributed by atoms with E-state index in [4.69, 9.17) is 9.47 Å². The lowest BCUT2D eigenvalue weighted by molar-refractivity contribution is -0.144. The summed E-state index contributed by atoms with van der Waals surface area (Å²) in [6.07, 6.45) is 54.8. The Morgan fingerprint density at radius 2 is 0.717 bits per heavy atom. The standard InChI is InChI=1S/C54H103NO5/c1-5-7-9-11-13-15-17-19-21-23-25-27-29-31-37-44-52(56)59-50-41-35-33-39-46-54(58,48-43-49-55(3)4)47-40-34-36-42-51-60-53(57)45-38-32-30-28-26-24-22-20-18-16-14-12-10-8-6-2/h19-22,58H,5-18,23-51H2,1-4H3/b21-19-,22-20-. The van der Waals surface area contributed by atoms with E-state index in [2.05, 4.69) is 57.1 Å². The molecule has 0 aromatic carbocycles. The van der Waals surface area contributed by atoms with E-state index in [1.807, 2.05) is 0 Å². The van der Waals surface area contributed by atoms with Crippen molar-refractivity contribution < 1.29 is 24.2 Å². The average molecular weight is 846 g/mol. The Bertz CT molecular complexity index is 896. The molecule has 0 aliphatic rings. The Kier molecular flexibility index (Phi) is 45.5. The van der Waals surface area contributed by atoms with Crippen molar-refractivity contribution in [3.05, 3.63) is 24.3 Å². The van der Waals surface area contributed by atoms with Crippen molar-refractivity contribution in [2.24, 2.45) is 0 Å². The van der Waals surface area contributed by atoms with Crippen molar-refractivity contribution in [3.8, 4) is 0 Å². The monoisotopic (exact) mass is 846 g/mol. The summed E-state index contributed by atoms with van der Waals surface area (Å²) in [5.41, 5.74) is -0.608. The Morgan fingerprint density at radius 3 is 1.08 bits per heavy atom. The number of unbranched alkanes of at least 4 members (excludes halogenated alkanes) is 28. The number of aliphatic hydroxyl groups is 1. The van der Waals surface area contributed by atoms with Crippen LogP contribution in [-0.4, -0.2) is 61.4 Å². The minimum atomic E-state index is -0.608. The molecule has 0 amide bonds. The van der Waals surface area contributed by atoms with Crippen LogP contribution in [0.1, 0.15) is 271 Å². The molecule has 0 aliphatic carbocycles. The fourth-order valence-electron chi connectivity index (χ4n) is 8.12. The van der Waals surface area contributed by atoms with Crippen LogP contribution in [-0.2, 0) is 19.1 Å². The number of ether oxygens (including phenoxy) is 2. The van der Waals surface area contributed by atoms with Gasteiger partial charge in [-0.1, -0.05) is 179 Å². The van der Waals surface area contributed by atoms with Crippen LogP contribution in [0.5, 0.6) is 0 Å². The zero-order chi connectivity index (χ0) is 43.9. The summed E-state index contributed by atoms with van der Waals surface area (Å²) >= 11 is 0. The van der Waals surface area contributed by atoms with Gasteiger partial charge >= 0.3 is 11.9 Å². The van der Waals surface area contributed by atoms with Gasteiger partial charge in [0.1, 0.15) is 0 Å². The Morgan fingerprint density at radius 1 is 0.417 bits per heavy atom. The van der Waals surface area contributed by atoms with Crippen LogP contribution < -0.4 is 0 Å². The normalized spacial score (nSPS) is 12.1. The van der Waals surface area contributed by atoms with Gasteiger partial charge in [-0.2, -0.15) is 0 Å². The van der Waals surface area contributed by atoms with Gasteiger partial charge in [0.15, 0.2) is 0 Å². The second kappa shape index (κ2) is 46.8. The van der Waals surface area contributed by atoms with Crippen molar-refractivity contribution in [2.75, 3.05) is 33.9 Å². The van der Waals surface area contributed by atoms with Gasteiger partial charge in [-0.15, -0.1) is 0 Å². The molecule has 1 N–H and O–H groups in total. The van der Waals surface area contributed by atoms with Crippen molar-refractivity contribution in [1.29, 1.82) is 0 Å². The van der Waals surface area contributed by atoms with E-state index in [1.54, 1.807) is 0 Å². The molecule has 6 heteroatoms. The minimum absolute atomic E-state index is 0.0465. The zero-order valence-corrected chi connectivity index (χ0v) is 40.7. The maximum Gasteiger partial charge on any atom is 0.305 e. The molecule has 0 aromatic rings. The molecule has 0 aliphatic heterocycles. The molecule has 0 saturated carbocycles. The molecule has 0 saturated heterocycles. The third-order valence-corrected chi connectivity index (χ3v) is 12.1. The Balaban J connectivity index is 3.85. The summed E-state index contributed by atoms with van der Waals surface area (Å²) < 4.78 is 11.0. The van der Waals surface area contributed by atoms with Gasteiger partial charge in [-0.05, 0) is 123 Å². The molecule has 6 nitrogen and oxygen atoms in total. The summed E-state index contributed by atoms with van der Waals surface area (Å²) in [6.45, 7) is 6.57. The molecule has 0 bridgehead atoms. The van der Waals surface area contributed by atoms with Crippen molar-refractivity contribution in [2.45, 2.75) is 276 Å². The van der Waals surface area contributed by atoms with Crippen molar-refractivity contribution in [1.82, 2.24) is 4.90 Å². The summed E-state index contributed by atoms with van der Waals surface area (Å²) in [7, 11) is 4.19. The number of hydrogen-bond acceptors (Lipinski definition) is 6. The van der Waals surface area contributed by atoms with Gasteiger partial charge in [0.05, 0.1) is 18.8 Å². The topological polar surface area (TPSA) is 76.1 Å². The fourth-order valence-corrected chi connectivity index (χ4v) is 8.12. The average Bonchev–Trinajstić information content (AvgIpc) is 3.22. The highest BCUT2D eigenvalue weighted by Crippen LogP contribution is 2.28. The first-order valence-corrected chi connectivity index (χ1v) is 26.3. The van der Waals surface area contributed by atoms with Crippen LogP contribution in [0.4, 0.5) is 0 Å². The van der Waals surface area contributed by atoms with E-state index in [9.17, 15) is 14.7 Å². The number of carbonyl (C=O) groups is 2. The number of hydrogen-bond donors (Lipinski definition) is 1. The van der Waals surface area contributed by atoms with E-state index in [1.165, 1.54) is 141 Å². The zero-order valence-electron chi connectivity index (χ0n) is 40.7. The highest BCUT2D eigenvalue weighted by molar-refractivity contribution is 5.69. The van der Waals surface area contributed by atoms with E-state index in [-0.39, 0.29) is 11.9 Å². The molecule has 0 heterocycles. The van der Waals surface area contributed by atoms with Crippen LogP contribution in [0, 0.1) is 0 Å². The highest BCUT2D eigenvalue weighted by atomic mass is 16.5. The van der Waals surface area contributed by atoms with Crippen molar-refractivity contribution in [3.63, 3.8) is 0 Å². The van der Waals surface area contributed by atoms with Gasteiger partial charge in [0.2, 0.25) is 0 Å². The number of nitrogens with zero attached hydrogens (tertiary/aromatic N) is 1. The molecule has 0 radical (unpaired) electrons. The van der Waals surface area contributed by atoms with Gasteiger partial charge in [0.25, 0.3) is 0 Å². The van der Waals surface area contributed by atoms with Crippen LogP contribution in [0.2, 0.25) is 0 Å². The molecular formula is C54H103NO5. The van der Waals surface area contributed by atoms with E-state index < -0.39 is 5.60 Å². The lowest BCUT2D eigenvalue weighted by atomic mass is 9.86. The second-order valence-corrected chi connectivity index (χ2v) is 18.6. The number of carbonyl (C=O) groups excluding carboxylic acids is 2. The summed E-state index contributed by atoms with van der Waals surface area (Å²) in [5.74, 6) is -0.0930. The maximum absolute atomic E-state index is 12.2. The van der Waals surface area contributed by atoms with Crippen LogP contribution in [0.25, 0.3) is 0 Å². The van der Waals surface area contributed by atoms with Crippen molar-refractivity contribution >= 4 is 11.9 Å². The number of rotatable bonds is 48. The molecule has 0 rings (SSSR count). The smallest absolute Gasteiger partial charge is 0.305 e. The minimum Gasteiger partial charge on any atom is -0.466 e. The molecule has 60 heavy (non-hydrogen) atoms. The predicted octanol–water partition coefficient (Wildman–Crippen LogP) is 16.1. The van der Waals surface area contributed by atoms with Gasteiger partial charge < -0.3 is 19.5 Å². The third kappa shape index (κ3) is 45.9. The quantitative estimate of drug-likeness (QED) is 0.0373. The van der Waals surface area contributed by atoms with E-state index >= 15 is 0 Å². The first-order valence-electron chi connectivity index (χ1n) is 26.3. The molecule has 354 valence electrons. The molecule has 0 spiro atoms. The van der Waals surface area contributed by atoms with E-state index in [0.29, 0.717) is 26.1 Å². The summed E-state index contributed by atoms with van der Waals surface area (Å²) in [5, 5.41) is 11.6. The summed E-state index contributed by atoms with van der Waals surface area (Å²) in [6, 6.07) is 0. The third-order valence-electron chi connectivity index (χ3n) is 12.1. The number of allylic oxidation sites excluding steroid dienone is 4. The first kappa shape index (κ1) is 58.3. The fraction of sp³-hybridized carbons (Fsp3) is 0.889. The Labute approximate surface area is 374 Å². The summed E-state index contributed by atoms with van der Waals surface area (Å²) in [4.78, 5) is 26.6. The molecule has 0 fully saturated rings. The van der Waals surface area contributed by atoms with Gasteiger partial charge in [0, 0.05) is 12.8 Å². The lowest BCUT2D eigenvalue weighted by Crippen LogP contribution is -2.30. The van der Waals surface area contributed by atoms with Crippen LogP contribution in [0.15, 0.2) is 24.3 Å². The highest BCUT2D eigenvalue weighted by Gasteiger charge is 2.25. The molecule has 0 aromatic heterocycles. The lowest BCUT2D eigenvalue weighted by Gasteiger charge is -2.29. The maximum atomic E-state index is 12.2. The number of esters is 2. The van der Waals surface area contributed by atoms with Gasteiger partial charge in [-0.25, -0.2) is 0 Å². The van der Waals surface area contributed by atoms with Gasteiger partial charge in [-0.3, -0.25) is 9.59 Å². The molecule has 0 atom stereocenters. The molecule has 0 unspecified atom stereocenters. The van der Waals surface area contributed by atoms with Crippen LogP contribution in [0.3, 0.4) is 0 Å². The molecular weight excluding hydrogens is 743 g/mol.